The maximum Gasteiger partial charge on any atom is 0.265 e. The second-order valence-corrected chi connectivity index (χ2v) is 9.50. The highest BCUT2D eigenvalue weighted by Crippen LogP contribution is 2.42. The second kappa shape index (κ2) is 7.61. The van der Waals surface area contributed by atoms with Crippen LogP contribution in [0.3, 0.4) is 0 Å². The Labute approximate surface area is 177 Å². The highest BCUT2D eigenvalue weighted by Gasteiger charge is 2.35. The first-order chi connectivity index (χ1) is 14.3. The number of aryl methyl sites for hydroxylation is 2. The lowest BCUT2D eigenvalue weighted by Crippen LogP contribution is -2.43. The Morgan fingerprint density at radius 1 is 0.967 bits per heavy atom. The molecule has 6 heteroatoms. The number of carbonyl (C=O) groups is 1. The monoisotopic (exact) mass is 420 g/mol. The predicted molar refractivity (Wildman–Crippen MR) is 119 cm³/mol. The van der Waals surface area contributed by atoms with E-state index >= 15 is 0 Å². The smallest absolute Gasteiger partial charge is 0.265 e. The molecule has 0 bridgehead atoms. The van der Waals surface area contributed by atoms with Crippen molar-refractivity contribution in [3.05, 3.63) is 83.4 Å². The van der Waals surface area contributed by atoms with Gasteiger partial charge in [0.25, 0.3) is 10.0 Å². The summed E-state index contributed by atoms with van der Waals surface area (Å²) in [5.41, 5.74) is 5.25. The van der Waals surface area contributed by atoms with E-state index in [2.05, 4.69) is 11.4 Å². The molecule has 1 atom stereocenters. The third-order valence-corrected chi connectivity index (χ3v) is 7.29. The number of para-hydroxylation sites is 1. The topological polar surface area (TPSA) is 66.5 Å². The maximum absolute atomic E-state index is 13.3. The van der Waals surface area contributed by atoms with Crippen molar-refractivity contribution in [3.63, 3.8) is 0 Å². The summed E-state index contributed by atoms with van der Waals surface area (Å²) in [5, 5.41) is 2.95. The highest BCUT2D eigenvalue weighted by atomic mass is 32.2. The Balaban J connectivity index is 1.63. The van der Waals surface area contributed by atoms with Crippen molar-refractivity contribution in [1.29, 1.82) is 0 Å². The molecule has 0 radical (unpaired) electrons. The molecule has 0 aromatic heterocycles. The van der Waals surface area contributed by atoms with Gasteiger partial charge in [-0.15, -0.1) is 0 Å². The zero-order chi connectivity index (χ0) is 21.5. The van der Waals surface area contributed by atoms with E-state index in [1.807, 2.05) is 51.1 Å². The summed E-state index contributed by atoms with van der Waals surface area (Å²) in [5.74, 6) is -0.347. The van der Waals surface area contributed by atoms with Crippen LogP contribution in [0, 0.1) is 13.8 Å². The Kier molecular flexibility index (Phi) is 5.12. The van der Waals surface area contributed by atoms with Crippen molar-refractivity contribution < 1.29 is 13.2 Å². The van der Waals surface area contributed by atoms with Crippen molar-refractivity contribution in [1.82, 2.24) is 5.32 Å². The van der Waals surface area contributed by atoms with Gasteiger partial charge >= 0.3 is 0 Å². The number of fused-ring (bicyclic) bond motifs is 3. The first kappa shape index (κ1) is 20.2. The van der Waals surface area contributed by atoms with E-state index in [0.29, 0.717) is 11.3 Å². The SMILES string of the molecule is Cc1ccc(C(C)NC(=O)CN2c3ccccc3-c3ccccc3S2(=O)=O)c(C)c1. The van der Waals surface area contributed by atoms with Gasteiger partial charge in [0.1, 0.15) is 6.54 Å². The predicted octanol–water partition coefficient (Wildman–Crippen LogP) is 4.36. The van der Waals surface area contributed by atoms with Gasteiger partial charge in [0.15, 0.2) is 0 Å². The van der Waals surface area contributed by atoms with E-state index in [0.717, 1.165) is 22.3 Å². The van der Waals surface area contributed by atoms with Gasteiger partial charge in [-0.25, -0.2) is 8.42 Å². The van der Waals surface area contributed by atoms with E-state index < -0.39 is 10.0 Å². The number of hydrogen-bond acceptors (Lipinski definition) is 3. The third kappa shape index (κ3) is 3.48. The van der Waals surface area contributed by atoms with Crippen LogP contribution in [0.5, 0.6) is 0 Å². The van der Waals surface area contributed by atoms with Gasteiger partial charge in [-0.1, -0.05) is 60.2 Å². The minimum absolute atomic E-state index is 0.221. The summed E-state index contributed by atoms with van der Waals surface area (Å²) >= 11 is 0. The minimum Gasteiger partial charge on any atom is -0.348 e. The molecule has 3 aromatic carbocycles. The van der Waals surface area contributed by atoms with Crippen LogP contribution in [-0.4, -0.2) is 20.9 Å². The standard InChI is InChI=1S/C24H24N2O3S/c1-16-12-13-19(17(2)14-16)18(3)25-24(27)15-26-22-10-6-4-8-20(22)21-9-5-7-11-23(21)30(26,28)29/h4-14,18H,15H2,1-3H3,(H,25,27). The number of carbonyl (C=O) groups excluding carboxylic acids is 1. The normalized spacial score (nSPS) is 15.1. The molecule has 1 unspecified atom stereocenters. The van der Waals surface area contributed by atoms with Crippen LogP contribution in [0.1, 0.15) is 29.7 Å². The molecule has 1 heterocycles. The number of nitrogens with zero attached hydrogens (tertiary/aromatic N) is 1. The van der Waals surface area contributed by atoms with Crippen molar-refractivity contribution >= 4 is 21.6 Å². The summed E-state index contributed by atoms with van der Waals surface area (Å²) in [6.45, 7) is 5.66. The number of nitrogens with one attached hydrogen (secondary N) is 1. The molecule has 3 aromatic rings. The lowest BCUT2D eigenvalue weighted by Gasteiger charge is -2.32. The van der Waals surface area contributed by atoms with Gasteiger partial charge < -0.3 is 5.32 Å². The molecule has 0 spiro atoms. The summed E-state index contributed by atoms with van der Waals surface area (Å²) in [7, 11) is -3.83. The number of hydrogen-bond donors (Lipinski definition) is 1. The van der Waals surface area contributed by atoms with Crippen LogP contribution < -0.4 is 9.62 Å². The lowest BCUT2D eigenvalue weighted by atomic mass is 10.0. The summed E-state index contributed by atoms with van der Waals surface area (Å²) < 4.78 is 27.8. The van der Waals surface area contributed by atoms with Crippen LogP contribution >= 0.6 is 0 Å². The Morgan fingerprint density at radius 2 is 1.63 bits per heavy atom. The lowest BCUT2D eigenvalue weighted by molar-refractivity contribution is -0.120. The zero-order valence-corrected chi connectivity index (χ0v) is 18.0. The van der Waals surface area contributed by atoms with Crippen LogP contribution in [0.2, 0.25) is 0 Å². The average Bonchev–Trinajstić information content (AvgIpc) is 2.71. The van der Waals surface area contributed by atoms with E-state index in [1.54, 1.807) is 30.3 Å². The Hall–Kier alpha value is -3.12. The van der Waals surface area contributed by atoms with Crippen molar-refractivity contribution in [2.24, 2.45) is 0 Å². The first-order valence-corrected chi connectivity index (χ1v) is 11.3. The number of anilines is 1. The zero-order valence-electron chi connectivity index (χ0n) is 17.2. The minimum atomic E-state index is -3.83. The van der Waals surface area contributed by atoms with Crippen LogP contribution in [0.4, 0.5) is 5.69 Å². The van der Waals surface area contributed by atoms with Crippen LogP contribution in [0.25, 0.3) is 11.1 Å². The van der Waals surface area contributed by atoms with E-state index in [-0.39, 0.29) is 23.4 Å². The molecule has 0 saturated heterocycles. The molecule has 5 nitrogen and oxygen atoms in total. The van der Waals surface area contributed by atoms with Gasteiger partial charge in [-0.2, -0.15) is 0 Å². The quantitative estimate of drug-likeness (QED) is 0.682. The molecule has 1 N–H and O–H groups in total. The second-order valence-electron chi connectivity index (χ2n) is 7.67. The third-order valence-electron chi connectivity index (χ3n) is 5.47. The molecule has 1 aliphatic rings. The Morgan fingerprint density at radius 3 is 2.37 bits per heavy atom. The highest BCUT2D eigenvalue weighted by molar-refractivity contribution is 7.93. The molecule has 4 rings (SSSR count). The van der Waals surface area contributed by atoms with E-state index in [1.165, 1.54) is 4.31 Å². The number of benzene rings is 3. The largest absolute Gasteiger partial charge is 0.348 e. The fourth-order valence-corrected chi connectivity index (χ4v) is 5.71. The van der Waals surface area contributed by atoms with Gasteiger partial charge in [0.2, 0.25) is 5.91 Å². The maximum atomic E-state index is 13.3. The fraction of sp³-hybridized carbons (Fsp3) is 0.208. The summed E-state index contributed by atoms with van der Waals surface area (Å²) in [6.07, 6.45) is 0. The van der Waals surface area contributed by atoms with Gasteiger partial charge in [-0.3, -0.25) is 9.10 Å². The van der Waals surface area contributed by atoms with Crippen LogP contribution in [0.15, 0.2) is 71.6 Å². The number of amides is 1. The van der Waals surface area contributed by atoms with Crippen molar-refractivity contribution in [2.75, 3.05) is 10.8 Å². The van der Waals surface area contributed by atoms with Gasteiger partial charge in [0.05, 0.1) is 16.6 Å². The van der Waals surface area contributed by atoms with Crippen LogP contribution in [-0.2, 0) is 14.8 Å². The number of rotatable bonds is 4. The molecule has 30 heavy (non-hydrogen) atoms. The average molecular weight is 421 g/mol. The van der Waals surface area contributed by atoms with Crippen molar-refractivity contribution in [3.8, 4) is 11.1 Å². The molecule has 1 amide bonds. The summed E-state index contributed by atoms with van der Waals surface area (Å²) in [4.78, 5) is 13.1. The molecule has 0 fully saturated rings. The summed E-state index contributed by atoms with van der Waals surface area (Å²) in [6, 6.07) is 20.0. The fourth-order valence-electron chi connectivity index (χ4n) is 4.06. The molecular formula is C24H24N2O3S. The van der Waals surface area contributed by atoms with E-state index in [4.69, 9.17) is 0 Å². The molecule has 0 aliphatic carbocycles. The van der Waals surface area contributed by atoms with Gasteiger partial charge in [0, 0.05) is 11.1 Å². The molecule has 1 aliphatic heterocycles. The first-order valence-electron chi connectivity index (χ1n) is 9.86. The van der Waals surface area contributed by atoms with Gasteiger partial charge in [-0.05, 0) is 44.0 Å². The molecule has 0 saturated carbocycles. The molecule has 154 valence electrons. The Bertz CT molecular complexity index is 1230. The molecular weight excluding hydrogens is 396 g/mol. The number of sulfonamides is 1. The van der Waals surface area contributed by atoms with E-state index in [9.17, 15) is 13.2 Å². The van der Waals surface area contributed by atoms with Crippen molar-refractivity contribution in [2.45, 2.75) is 31.7 Å².